The normalized spacial score (nSPS) is 10.2. The maximum Gasteiger partial charge on any atom is 0.254 e. The fourth-order valence-electron chi connectivity index (χ4n) is 1.88. The van der Waals surface area contributed by atoms with Crippen molar-refractivity contribution in [1.29, 1.82) is 0 Å². The van der Waals surface area contributed by atoms with E-state index in [0.29, 0.717) is 24.5 Å². The van der Waals surface area contributed by atoms with E-state index in [2.05, 4.69) is 4.98 Å². The number of anilines is 1. The summed E-state index contributed by atoms with van der Waals surface area (Å²) in [6.45, 7) is 0.488. The summed E-state index contributed by atoms with van der Waals surface area (Å²) in [5, 5.41) is 0. The molecule has 110 valence electrons. The van der Waals surface area contributed by atoms with Crippen LogP contribution >= 0.6 is 0 Å². The van der Waals surface area contributed by atoms with Gasteiger partial charge in [-0.15, -0.1) is 0 Å². The molecule has 0 unspecified atom stereocenters. The molecule has 2 aromatic rings. The monoisotopic (exact) mass is 285 g/mol. The standard InChI is InChI=1S/C16H19N3O2/c1-19(2)16(20)13-7-8-15(18-11-13)21-10-9-12-5-3-4-6-14(12)17/h3-8,11H,9-10,17H2,1-2H3. The second-order valence-corrected chi connectivity index (χ2v) is 4.88. The smallest absolute Gasteiger partial charge is 0.254 e. The average molecular weight is 285 g/mol. The molecule has 1 amide bonds. The highest BCUT2D eigenvalue weighted by Gasteiger charge is 2.08. The topological polar surface area (TPSA) is 68.5 Å². The lowest BCUT2D eigenvalue weighted by molar-refractivity contribution is 0.0827. The van der Waals surface area contributed by atoms with Gasteiger partial charge in [-0.25, -0.2) is 4.98 Å². The molecule has 2 N–H and O–H groups in total. The number of pyridine rings is 1. The van der Waals surface area contributed by atoms with Crippen LogP contribution in [0.3, 0.4) is 0 Å². The van der Waals surface area contributed by atoms with Crippen molar-refractivity contribution in [1.82, 2.24) is 9.88 Å². The van der Waals surface area contributed by atoms with Crippen LogP contribution in [0, 0.1) is 0 Å². The van der Waals surface area contributed by atoms with Gasteiger partial charge < -0.3 is 15.4 Å². The van der Waals surface area contributed by atoms with Gasteiger partial charge in [-0.05, 0) is 17.7 Å². The first-order valence-electron chi connectivity index (χ1n) is 6.72. The van der Waals surface area contributed by atoms with Crippen molar-refractivity contribution < 1.29 is 9.53 Å². The molecule has 0 saturated carbocycles. The van der Waals surface area contributed by atoms with Crippen LogP contribution in [0.15, 0.2) is 42.6 Å². The van der Waals surface area contributed by atoms with E-state index in [0.717, 1.165) is 11.3 Å². The summed E-state index contributed by atoms with van der Waals surface area (Å²) in [7, 11) is 3.41. The molecule has 0 fully saturated rings. The van der Waals surface area contributed by atoms with Crippen molar-refractivity contribution in [3.63, 3.8) is 0 Å². The molecule has 0 aliphatic carbocycles. The largest absolute Gasteiger partial charge is 0.477 e. The number of benzene rings is 1. The third kappa shape index (κ3) is 3.95. The number of aromatic nitrogens is 1. The highest BCUT2D eigenvalue weighted by atomic mass is 16.5. The van der Waals surface area contributed by atoms with Gasteiger partial charge in [0.2, 0.25) is 5.88 Å². The predicted octanol–water partition coefficient (Wildman–Crippen LogP) is 1.99. The lowest BCUT2D eigenvalue weighted by Crippen LogP contribution is -2.21. The van der Waals surface area contributed by atoms with Gasteiger partial charge in [0.25, 0.3) is 5.91 Å². The molecule has 0 bridgehead atoms. The molecule has 0 spiro atoms. The minimum atomic E-state index is -0.0777. The van der Waals surface area contributed by atoms with Crippen molar-refractivity contribution in [3.8, 4) is 5.88 Å². The van der Waals surface area contributed by atoms with E-state index in [1.807, 2.05) is 24.3 Å². The zero-order valence-corrected chi connectivity index (χ0v) is 12.2. The Morgan fingerprint density at radius 3 is 2.62 bits per heavy atom. The van der Waals surface area contributed by atoms with Crippen LogP contribution in [0.25, 0.3) is 0 Å². The van der Waals surface area contributed by atoms with Crippen LogP contribution in [0.5, 0.6) is 5.88 Å². The van der Waals surface area contributed by atoms with Gasteiger partial charge >= 0.3 is 0 Å². The van der Waals surface area contributed by atoms with Crippen molar-refractivity contribution in [2.45, 2.75) is 6.42 Å². The number of rotatable bonds is 5. The number of carbonyl (C=O) groups excluding carboxylic acids is 1. The molecule has 1 heterocycles. The molecule has 21 heavy (non-hydrogen) atoms. The number of nitrogens with two attached hydrogens (primary N) is 1. The van der Waals surface area contributed by atoms with Gasteiger partial charge in [0.15, 0.2) is 0 Å². The Bertz CT molecular complexity index is 609. The summed E-state index contributed by atoms with van der Waals surface area (Å²) in [5.41, 5.74) is 8.23. The summed E-state index contributed by atoms with van der Waals surface area (Å²) in [5.74, 6) is 0.422. The fourth-order valence-corrected chi connectivity index (χ4v) is 1.88. The molecular weight excluding hydrogens is 266 g/mol. The Labute approximate surface area is 124 Å². The van der Waals surface area contributed by atoms with Crippen molar-refractivity contribution >= 4 is 11.6 Å². The van der Waals surface area contributed by atoms with Crippen LogP contribution in [-0.2, 0) is 6.42 Å². The Balaban J connectivity index is 1.90. The van der Waals surface area contributed by atoms with Gasteiger partial charge in [0.05, 0.1) is 12.2 Å². The number of nitrogens with zero attached hydrogens (tertiary/aromatic N) is 2. The Kier molecular flexibility index (Phi) is 4.77. The molecule has 5 heteroatoms. The number of hydrogen-bond acceptors (Lipinski definition) is 4. The summed E-state index contributed by atoms with van der Waals surface area (Å²) < 4.78 is 5.57. The number of para-hydroxylation sites is 1. The van der Waals surface area contributed by atoms with E-state index in [4.69, 9.17) is 10.5 Å². The molecule has 0 atom stereocenters. The molecule has 2 rings (SSSR count). The van der Waals surface area contributed by atoms with Gasteiger partial charge in [0.1, 0.15) is 0 Å². The molecule has 1 aromatic carbocycles. The maximum absolute atomic E-state index is 11.7. The molecule has 0 radical (unpaired) electrons. The number of amides is 1. The average Bonchev–Trinajstić information content (AvgIpc) is 2.49. The van der Waals surface area contributed by atoms with Crippen LogP contribution < -0.4 is 10.5 Å². The summed E-state index contributed by atoms with van der Waals surface area (Å²) in [6.07, 6.45) is 2.24. The highest BCUT2D eigenvalue weighted by molar-refractivity contribution is 5.93. The second-order valence-electron chi connectivity index (χ2n) is 4.88. The third-order valence-electron chi connectivity index (χ3n) is 3.07. The lowest BCUT2D eigenvalue weighted by Gasteiger charge is -2.10. The Morgan fingerprint density at radius 1 is 1.24 bits per heavy atom. The van der Waals surface area contributed by atoms with Crippen LogP contribution in [0.2, 0.25) is 0 Å². The van der Waals surface area contributed by atoms with E-state index >= 15 is 0 Å². The first-order valence-corrected chi connectivity index (χ1v) is 6.72. The second kappa shape index (κ2) is 6.74. The van der Waals surface area contributed by atoms with E-state index < -0.39 is 0 Å². The lowest BCUT2D eigenvalue weighted by atomic mass is 10.1. The first-order chi connectivity index (χ1) is 10.1. The molecule has 0 saturated heterocycles. The van der Waals surface area contributed by atoms with Crippen molar-refractivity contribution in [2.24, 2.45) is 0 Å². The van der Waals surface area contributed by atoms with Crippen molar-refractivity contribution in [2.75, 3.05) is 26.4 Å². The Hall–Kier alpha value is -2.56. The van der Waals surface area contributed by atoms with E-state index in [1.165, 1.54) is 11.1 Å². The number of ether oxygens (including phenoxy) is 1. The zero-order valence-electron chi connectivity index (χ0n) is 12.2. The number of hydrogen-bond donors (Lipinski definition) is 1. The predicted molar refractivity (Wildman–Crippen MR) is 82.3 cm³/mol. The van der Waals surface area contributed by atoms with Crippen LogP contribution in [-0.4, -0.2) is 36.5 Å². The molecule has 0 aliphatic heterocycles. The first kappa shape index (κ1) is 14.8. The zero-order chi connectivity index (χ0) is 15.2. The van der Waals surface area contributed by atoms with E-state index in [-0.39, 0.29) is 5.91 Å². The third-order valence-corrected chi connectivity index (χ3v) is 3.07. The van der Waals surface area contributed by atoms with E-state index in [9.17, 15) is 4.79 Å². The summed E-state index contributed by atoms with van der Waals surface area (Å²) in [4.78, 5) is 17.4. The highest BCUT2D eigenvalue weighted by Crippen LogP contribution is 2.13. The minimum absolute atomic E-state index is 0.0777. The molecule has 1 aromatic heterocycles. The Morgan fingerprint density at radius 2 is 2.00 bits per heavy atom. The van der Waals surface area contributed by atoms with Crippen LogP contribution in [0.4, 0.5) is 5.69 Å². The number of nitrogen functional groups attached to an aromatic ring is 1. The molecule has 5 nitrogen and oxygen atoms in total. The minimum Gasteiger partial charge on any atom is -0.477 e. The fraction of sp³-hybridized carbons (Fsp3) is 0.250. The van der Waals surface area contributed by atoms with Crippen molar-refractivity contribution in [3.05, 3.63) is 53.7 Å². The summed E-state index contributed by atoms with van der Waals surface area (Å²) in [6, 6.07) is 11.1. The number of carbonyl (C=O) groups is 1. The molecular formula is C16H19N3O2. The maximum atomic E-state index is 11.7. The van der Waals surface area contributed by atoms with Crippen LogP contribution in [0.1, 0.15) is 15.9 Å². The van der Waals surface area contributed by atoms with E-state index in [1.54, 1.807) is 26.2 Å². The van der Waals surface area contributed by atoms with Gasteiger partial charge in [-0.2, -0.15) is 0 Å². The van der Waals surface area contributed by atoms with Gasteiger partial charge in [0, 0.05) is 38.5 Å². The van der Waals surface area contributed by atoms with Gasteiger partial charge in [-0.3, -0.25) is 4.79 Å². The molecule has 0 aliphatic rings. The summed E-state index contributed by atoms with van der Waals surface area (Å²) >= 11 is 0. The SMILES string of the molecule is CN(C)C(=O)c1ccc(OCCc2ccccc2N)nc1. The van der Waals surface area contributed by atoms with Gasteiger partial charge in [-0.1, -0.05) is 18.2 Å². The quantitative estimate of drug-likeness (QED) is 0.853.